The molecule has 0 spiro atoms. The monoisotopic (exact) mass is 315 g/mol. The van der Waals surface area contributed by atoms with Gasteiger partial charge < -0.3 is 14.7 Å². The molecule has 0 aromatic heterocycles. The van der Waals surface area contributed by atoms with Crippen LogP contribution in [0.4, 0.5) is 5.69 Å². The Morgan fingerprint density at radius 2 is 1.87 bits per heavy atom. The van der Waals surface area contributed by atoms with Crippen LogP contribution < -0.4 is 4.90 Å². The smallest absolute Gasteiger partial charge is 0.0893 e. The third kappa shape index (κ3) is 2.50. The summed E-state index contributed by atoms with van der Waals surface area (Å²) in [5.74, 6) is 1.12. The molecule has 1 aromatic carbocycles. The molecule has 1 fully saturated rings. The lowest BCUT2D eigenvalue weighted by molar-refractivity contribution is -0.165. The van der Waals surface area contributed by atoms with E-state index in [0.717, 1.165) is 0 Å². The van der Waals surface area contributed by atoms with Crippen molar-refractivity contribution in [2.45, 2.75) is 26.9 Å². The molecule has 0 saturated carbocycles. The van der Waals surface area contributed by atoms with Crippen LogP contribution in [-0.4, -0.2) is 32.4 Å². The zero-order valence-electron chi connectivity index (χ0n) is 14.9. The number of aliphatic hydroxyl groups excluding tert-OH is 1. The molecule has 2 bridgehead atoms. The predicted octanol–water partition coefficient (Wildman–Crippen LogP) is 3.65. The topological polar surface area (TPSA) is 32.7 Å². The summed E-state index contributed by atoms with van der Waals surface area (Å²) in [6, 6.07) is 8.68. The van der Waals surface area contributed by atoms with Crippen LogP contribution in [0.1, 0.15) is 32.4 Å². The molecule has 1 heterocycles. The average Bonchev–Trinajstić information content (AvgIpc) is 2.53. The zero-order valence-corrected chi connectivity index (χ0v) is 14.9. The summed E-state index contributed by atoms with van der Waals surface area (Å²) in [5, 5.41) is 10.1. The summed E-state index contributed by atoms with van der Waals surface area (Å²) >= 11 is 0. The molecule has 3 heteroatoms. The maximum Gasteiger partial charge on any atom is 0.0893 e. The van der Waals surface area contributed by atoms with Gasteiger partial charge in [-0.1, -0.05) is 37.6 Å². The van der Waals surface area contributed by atoms with Crippen molar-refractivity contribution in [1.82, 2.24) is 0 Å². The van der Waals surface area contributed by atoms with Gasteiger partial charge in [-0.15, -0.1) is 0 Å². The maximum atomic E-state index is 10.1. The van der Waals surface area contributed by atoms with E-state index in [1.165, 1.54) is 16.8 Å². The number of aliphatic hydroxyl groups is 1. The normalized spacial score (nSPS) is 36.5. The quantitative estimate of drug-likeness (QED) is 0.864. The first kappa shape index (κ1) is 16.5. The Morgan fingerprint density at radius 3 is 2.43 bits per heavy atom. The standard InChI is InChI=1S/C20H29NO2/c1-13-10-14(2)20(11-22)12-23-19(18(13)15(20)3)16-6-8-17(9-7-16)21(4)5/h6-10,14-15,18-19,22H,11-12H2,1-5H3/t14-,15-,18+,19-,20-/m0/s1. The van der Waals surface area contributed by atoms with E-state index in [1.807, 2.05) is 0 Å². The fraction of sp³-hybridized carbons (Fsp3) is 0.600. The van der Waals surface area contributed by atoms with Crippen LogP contribution in [0.25, 0.3) is 0 Å². The Balaban J connectivity index is 1.95. The summed E-state index contributed by atoms with van der Waals surface area (Å²) in [7, 11) is 4.11. The molecule has 3 nitrogen and oxygen atoms in total. The lowest BCUT2D eigenvalue weighted by Crippen LogP contribution is -2.53. The largest absolute Gasteiger partial charge is 0.396 e. The van der Waals surface area contributed by atoms with Gasteiger partial charge in [-0.3, -0.25) is 0 Å². The molecule has 0 radical (unpaired) electrons. The minimum absolute atomic E-state index is 0.0876. The second-order valence-corrected chi connectivity index (χ2v) is 7.62. The van der Waals surface area contributed by atoms with Gasteiger partial charge in [0.15, 0.2) is 0 Å². The molecule has 23 heavy (non-hydrogen) atoms. The van der Waals surface area contributed by atoms with E-state index in [9.17, 15) is 5.11 Å². The highest BCUT2D eigenvalue weighted by Gasteiger charge is 2.53. The Labute approximate surface area is 140 Å². The lowest BCUT2D eigenvalue weighted by atomic mass is 9.56. The van der Waals surface area contributed by atoms with E-state index in [-0.39, 0.29) is 18.1 Å². The molecule has 5 atom stereocenters. The number of allylic oxidation sites excluding steroid dienone is 1. The molecule has 0 unspecified atom stereocenters. The molecule has 1 saturated heterocycles. The molecule has 1 aliphatic carbocycles. The number of hydrogen-bond donors (Lipinski definition) is 1. The third-order valence-corrected chi connectivity index (χ3v) is 6.28. The average molecular weight is 315 g/mol. The Hall–Kier alpha value is -1.32. The van der Waals surface area contributed by atoms with Crippen molar-refractivity contribution in [2.24, 2.45) is 23.2 Å². The van der Waals surface area contributed by atoms with Gasteiger partial charge in [-0.25, -0.2) is 0 Å². The fourth-order valence-electron chi connectivity index (χ4n) is 4.55. The highest BCUT2D eigenvalue weighted by molar-refractivity contribution is 5.46. The van der Waals surface area contributed by atoms with Gasteiger partial charge in [-0.05, 0) is 36.5 Å². The number of rotatable bonds is 3. The zero-order chi connectivity index (χ0) is 16.8. The Morgan fingerprint density at radius 1 is 1.22 bits per heavy atom. The van der Waals surface area contributed by atoms with E-state index in [2.05, 4.69) is 70.1 Å². The minimum atomic E-state index is -0.135. The maximum absolute atomic E-state index is 10.1. The molecule has 0 amide bonds. The highest BCUT2D eigenvalue weighted by Crippen LogP contribution is 2.55. The first-order chi connectivity index (χ1) is 10.9. The third-order valence-electron chi connectivity index (χ3n) is 6.28. The molecule has 1 N–H and O–H groups in total. The van der Waals surface area contributed by atoms with Crippen molar-refractivity contribution in [1.29, 1.82) is 0 Å². The van der Waals surface area contributed by atoms with Gasteiger partial charge in [0, 0.05) is 31.1 Å². The van der Waals surface area contributed by atoms with Crippen LogP contribution in [0.2, 0.25) is 0 Å². The van der Waals surface area contributed by atoms with E-state index in [4.69, 9.17) is 4.74 Å². The van der Waals surface area contributed by atoms with Crippen molar-refractivity contribution >= 4 is 5.69 Å². The molecular weight excluding hydrogens is 286 g/mol. The molecule has 126 valence electrons. The highest BCUT2D eigenvalue weighted by atomic mass is 16.5. The first-order valence-electron chi connectivity index (χ1n) is 8.59. The van der Waals surface area contributed by atoms with Crippen LogP contribution >= 0.6 is 0 Å². The number of fused-ring (bicyclic) bond motifs is 2. The lowest BCUT2D eigenvalue weighted by Gasteiger charge is -2.55. The number of ether oxygens (including phenoxy) is 1. The fourth-order valence-corrected chi connectivity index (χ4v) is 4.55. The van der Waals surface area contributed by atoms with E-state index in [0.29, 0.717) is 24.4 Å². The van der Waals surface area contributed by atoms with Gasteiger partial charge in [0.1, 0.15) is 0 Å². The van der Waals surface area contributed by atoms with Gasteiger partial charge in [0.25, 0.3) is 0 Å². The van der Waals surface area contributed by atoms with Gasteiger partial charge in [0.05, 0.1) is 19.3 Å². The van der Waals surface area contributed by atoms with Crippen molar-refractivity contribution in [2.75, 3.05) is 32.2 Å². The molecule has 3 rings (SSSR count). The number of anilines is 1. The van der Waals surface area contributed by atoms with Crippen LogP contribution in [0.15, 0.2) is 35.9 Å². The first-order valence-corrected chi connectivity index (χ1v) is 8.59. The van der Waals surface area contributed by atoms with Crippen LogP contribution in [-0.2, 0) is 4.74 Å². The molecular formula is C20H29NO2. The second kappa shape index (κ2) is 5.95. The van der Waals surface area contributed by atoms with E-state index < -0.39 is 0 Å². The SMILES string of the molecule is CC1=C[C@H](C)[C@]2(CO)CO[C@@H](c3ccc(N(C)C)cc3)[C@H]1[C@@H]2C. The second-order valence-electron chi connectivity index (χ2n) is 7.62. The van der Waals surface area contributed by atoms with Crippen LogP contribution in [0.5, 0.6) is 0 Å². The van der Waals surface area contributed by atoms with Crippen LogP contribution in [0.3, 0.4) is 0 Å². The minimum Gasteiger partial charge on any atom is -0.396 e. The summed E-state index contributed by atoms with van der Waals surface area (Å²) in [5.41, 5.74) is 3.70. The summed E-state index contributed by atoms with van der Waals surface area (Å²) in [6.07, 6.45) is 2.44. The van der Waals surface area contributed by atoms with Crippen molar-refractivity contribution in [3.05, 3.63) is 41.5 Å². The Kier molecular flexibility index (Phi) is 4.28. The number of benzene rings is 1. The predicted molar refractivity (Wildman–Crippen MR) is 94.6 cm³/mol. The summed E-state index contributed by atoms with van der Waals surface area (Å²) < 4.78 is 6.32. The molecule has 1 aliphatic heterocycles. The van der Waals surface area contributed by atoms with E-state index in [1.54, 1.807) is 0 Å². The van der Waals surface area contributed by atoms with Crippen molar-refractivity contribution in [3.8, 4) is 0 Å². The van der Waals surface area contributed by atoms with Crippen molar-refractivity contribution in [3.63, 3.8) is 0 Å². The number of hydrogen-bond acceptors (Lipinski definition) is 3. The summed E-state index contributed by atoms with van der Waals surface area (Å²) in [6.45, 7) is 7.54. The molecule has 2 aliphatic rings. The van der Waals surface area contributed by atoms with E-state index >= 15 is 0 Å². The van der Waals surface area contributed by atoms with Crippen molar-refractivity contribution < 1.29 is 9.84 Å². The molecule has 1 aromatic rings. The van der Waals surface area contributed by atoms with Gasteiger partial charge >= 0.3 is 0 Å². The Bertz CT molecular complexity index is 592. The van der Waals surface area contributed by atoms with Gasteiger partial charge in [0.2, 0.25) is 0 Å². The van der Waals surface area contributed by atoms with Gasteiger partial charge in [-0.2, -0.15) is 0 Å². The van der Waals surface area contributed by atoms with Crippen LogP contribution in [0, 0.1) is 23.2 Å². The summed E-state index contributed by atoms with van der Waals surface area (Å²) in [4.78, 5) is 2.11. The number of nitrogens with zero attached hydrogens (tertiary/aromatic N) is 1.